The van der Waals surface area contributed by atoms with Gasteiger partial charge in [0.15, 0.2) is 5.96 Å². The fourth-order valence-electron chi connectivity index (χ4n) is 8.92. The van der Waals surface area contributed by atoms with Crippen LogP contribution >= 0.6 is 0 Å². The number of aliphatic imine (C=N–C) groups is 1. The van der Waals surface area contributed by atoms with Crippen molar-refractivity contribution < 1.29 is 24.6 Å². The number of aromatic nitrogens is 1. The topological polar surface area (TPSA) is 198 Å². The molecule has 2 aliphatic carbocycles. The van der Waals surface area contributed by atoms with Gasteiger partial charge in [-0.1, -0.05) is 66.6 Å². The molecule has 2 heterocycles. The van der Waals surface area contributed by atoms with Crippen molar-refractivity contribution in [3.63, 3.8) is 0 Å². The Morgan fingerprint density at radius 1 is 1.08 bits per heavy atom. The van der Waals surface area contributed by atoms with Gasteiger partial charge in [0.05, 0.1) is 6.04 Å². The van der Waals surface area contributed by atoms with Gasteiger partial charge in [-0.05, 0) is 121 Å². The van der Waals surface area contributed by atoms with Crippen LogP contribution in [0.4, 0.5) is 5.82 Å². The van der Waals surface area contributed by atoms with Gasteiger partial charge in [0.1, 0.15) is 12.6 Å². The molecule has 282 valence electrons. The molecular formula is C42H53N6O5-. The van der Waals surface area contributed by atoms with Crippen molar-refractivity contribution in [2.75, 3.05) is 13.2 Å². The average molecular weight is 722 g/mol. The molecule has 0 saturated carbocycles. The van der Waals surface area contributed by atoms with E-state index in [9.17, 15) is 24.6 Å². The molecule has 1 aromatic heterocycles. The Bertz CT molecular complexity index is 1820. The zero-order chi connectivity index (χ0) is 37.3. The zero-order valence-electron chi connectivity index (χ0n) is 30.3. The minimum absolute atomic E-state index is 0.0630. The second-order valence-corrected chi connectivity index (χ2v) is 15.1. The van der Waals surface area contributed by atoms with E-state index in [0.29, 0.717) is 62.4 Å². The molecule has 8 N–H and O–H groups in total. The highest BCUT2D eigenvalue weighted by molar-refractivity contribution is 5.86. The lowest BCUT2D eigenvalue weighted by atomic mass is 9.58. The standard InChI is InChI=1S/C42H53N6O5/c43-33(11-6-27(25-51)3-2-17-49)12-10-28-8-9-30-21-32-20-29-7-5-26(14-18-50)19-31(29)22-34(32)41(28)35(30)23-38(47-39-4-1-15-45-39)36(24-40(52)53)37-13-16-46-42(44)48-37/h1,4-5,7-9,15,18-20,22,24-25,27-28,30,33,35,37-38,41,45,49H,2-3,6,10-14,16-17,21,23,43H2,(H,52,53)(H3,44,46,48)/q-1/b36-24+/t27-,28-,30-,33-,35+,37-,38-,41+/m1/s1. The highest BCUT2D eigenvalue weighted by Gasteiger charge is 2.43. The van der Waals surface area contributed by atoms with Crippen LogP contribution in [0.1, 0.15) is 74.0 Å². The van der Waals surface area contributed by atoms with E-state index in [0.717, 1.165) is 54.6 Å². The van der Waals surface area contributed by atoms with Gasteiger partial charge >= 0.3 is 5.97 Å². The number of aliphatic hydroxyl groups excluding tert-OH is 1. The Balaban J connectivity index is 1.34. The van der Waals surface area contributed by atoms with Crippen LogP contribution in [0.2, 0.25) is 0 Å². The first-order valence-electron chi connectivity index (χ1n) is 19.1. The maximum atomic E-state index is 12.4. The molecule has 0 unspecified atom stereocenters. The number of nitrogens with two attached hydrogens (primary N) is 2. The Labute approximate surface area is 311 Å². The van der Waals surface area contributed by atoms with Crippen molar-refractivity contribution >= 4 is 41.1 Å². The molecule has 3 aliphatic rings. The lowest BCUT2D eigenvalue weighted by Gasteiger charge is -2.48. The number of aliphatic carboxylic acids is 1. The van der Waals surface area contributed by atoms with E-state index < -0.39 is 12.0 Å². The third-order valence-corrected chi connectivity index (χ3v) is 11.6. The van der Waals surface area contributed by atoms with Crippen molar-refractivity contribution in [1.29, 1.82) is 0 Å². The number of aldehydes is 2. The quantitative estimate of drug-likeness (QED) is 0.0523. The fraction of sp³-hybridized carbons (Fsp3) is 0.476. The van der Waals surface area contributed by atoms with Gasteiger partial charge in [-0.25, -0.2) is 4.79 Å². The van der Waals surface area contributed by atoms with E-state index in [2.05, 4.69) is 51.7 Å². The van der Waals surface area contributed by atoms with E-state index in [1.165, 1.54) is 17.2 Å². The summed E-state index contributed by atoms with van der Waals surface area (Å²) in [5.41, 5.74) is 17.1. The van der Waals surface area contributed by atoms with Gasteiger partial charge < -0.3 is 46.9 Å². The molecule has 0 amide bonds. The first-order chi connectivity index (χ1) is 25.8. The number of H-pyrrole nitrogens is 1. The molecule has 11 nitrogen and oxygen atoms in total. The Morgan fingerprint density at radius 2 is 1.94 bits per heavy atom. The lowest BCUT2D eigenvalue weighted by Crippen LogP contribution is -2.47. The first-order valence-corrected chi connectivity index (χ1v) is 19.1. The van der Waals surface area contributed by atoms with E-state index in [-0.39, 0.29) is 48.3 Å². The molecule has 2 bridgehead atoms. The Kier molecular flexibility index (Phi) is 12.8. The molecule has 6 rings (SSSR count). The number of hydrogen-bond donors (Lipinski definition) is 6. The lowest BCUT2D eigenvalue weighted by molar-refractivity contribution is -0.131. The molecule has 1 aliphatic heterocycles. The van der Waals surface area contributed by atoms with Crippen LogP contribution in [0.15, 0.2) is 77.5 Å². The van der Waals surface area contributed by atoms with Crippen LogP contribution in [-0.2, 0) is 27.2 Å². The summed E-state index contributed by atoms with van der Waals surface area (Å²) in [6, 6.07) is 13.8. The van der Waals surface area contributed by atoms with Gasteiger partial charge in [0, 0.05) is 37.6 Å². The summed E-state index contributed by atoms with van der Waals surface area (Å²) in [7, 11) is 0. The number of aromatic amines is 1. The van der Waals surface area contributed by atoms with Crippen LogP contribution in [0.3, 0.4) is 0 Å². The van der Waals surface area contributed by atoms with Crippen LogP contribution in [0, 0.1) is 23.7 Å². The molecule has 0 spiro atoms. The number of carbonyl (C=O) groups excluding carboxylic acids is 2. The summed E-state index contributed by atoms with van der Waals surface area (Å²) in [6.45, 7) is 0.576. The van der Waals surface area contributed by atoms with E-state index in [1.807, 2.05) is 24.4 Å². The molecule has 0 saturated heterocycles. The van der Waals surface area contributed by atoms with Crippen molar-refractivity contribution in [3.05, 3.63) is 94.5 Å². The largest absolute Gasteiger partial charge is 0.478 e. The van der Waals surface area contributed by atoms with Crippen molar-refractivity contribution in [2.45, 2.75) is 88.3 Å². The predicted octanol–water partition coefficient (Wildman–Crippen LogP) is 5.59. The Hall–Kier alpha value is -4.74. The minimum atomic E-state index is -1.03. The highest BCUT2D eigenvalue weighted by atomic mass is 16.4. The fourth-order valence-corrected chi connectivity index (χ4v) is 8.92. The number of fused-ring (bicyclic) bond motifs is 5. The molecule has 53 heavy (non-hydrogen) atoms. The number of benzene rings is 2. The molecule has 11 heteroatoms. The third-order valence-electron chi connectivity index (χ3n) is 11.6. The molecule has 3 aromatic rings. The predicted molar refractivity (Wildman–Crippen MR) is 208 cm³/mol. The van der Waals surface area contributed by atoms with Gasteiger partial charge in [0.25, 0.3) is 0 Å². The third kappa shape index (κ3) is 9.44. The molecule has 0 radical (unpaired) electrons. The number of carboxylic acids is 1. The van der Waals surface area contributed by atoms with Crippen LogP contribution in [-0.4, -0.2) is 71.0 Å². The van der Waals surface area contributed by atoms with E-state index >= 15 is 0 Å². The minimum Gasteiger partial charge on any atom is -0.478 e. The van der Waals surface area contributed by atoms with Crippen molar-refractivity contribution in [1.82, 2.24) is 10.3 Å². The van der Waals surface area contributed by atoms with E-state index in [1.54, 1.807) is 0 Å². The number of carbonyl (C=O) groups is 3. The maximum Gasteiger partial charge on any atom is 0.328 e. The normalized spacial score (nSPS) is 24.0. The van der Waals surface area contributed by atoms with Crippen LogP contribution in [0.5, 0.6) is 0 Å². The molecule has 8 atom stereocenters. The smallest absolute Gasteiger partial charge is 0.328 e. The van der Waals surface area contributed by atoms with Gasteiger partial charge in [0.2, 0.25) is 0 Å². The monoisotopic (exact) mass is 721 g/mol. The first kappa shape index (κ1) is 38.0. The summed E-state index contributed by atoms with van der Waals surface area (Å²) in [5.74, 6) is 0.551. The van der Waals surface area contributed by atoms with E-state index in [4.69, 9.17) is 16.8 Å². The SMILES string of the molecule is NC1=NCC[C@H](/C(=C\C(=O)O)[C@@H](C[C@@H]2[C@@H]3c4cc5cc(CC=O)ccc5cc4C[C@H]2C=C[C@@H]3CC[C@H](N)CC[C@H](C=O)CCCO)[N-]c2ccc[nH]2)N1. The number of guanidine groups is 1. The van der Waals surface area contributed by atoms with Crippen LogP contribution < -0.4 is 16.8 Å². The molecule has 2 aromatic carbocycles. The average Bonchev–Trinajstić information content (AvgIpc) is 3.66. The van der Waals surface area contributed by atoms with Gasteiger partial charge in [-0.2, -0.15) is 0 Å². The number of hydrogen-bond acceptors (Lipinski definition) is 8. The number of allylic oxidation sites excluding steroid dienone is 2. The van der Waals surface area contributed by atoms with Gasteiger partial charge in [-0.3, -0.25) is 4.99 Å². The highest BCUT2D eigenvalue weighted by Crippen LogP contribution is 2.53. The maximum absolute atomic E-state index is 12.4. The summed E-state index contributed by atoms with van der Waals surface area (Å²) >= 11 is 0. The number of carboxylic acid groups (broad SMARTS) is 1. The summed E-state index contributed by atoms with van der Waals surface area (Å²) in [5, 5.41) is 30.0. The number of rotatable bonds is 19. The molecule has 0 fully saturated rings. The zero-order valence-corrected chi connectivity index (χ0v) is 30.3. The van der Waals surface area contributed by atoms with Crippen molar-refractivity contribution in [2.24, 2.45) is 40.1 Å². The number of nitrogens with zero attached hydrogens (tertiary/aromatic N) is 2. The summed E-state index contributed by atoms with van der Waals surface area (Å²) in [4.78, 5) is 42.9. The number of nitrogens with one attached hydrogen (secondary N) is 2. The molecular weight excluding hydrogens is 668 g/mol. The van der Waals surface area contributed by atoms with Crippen LogP contribution in [0.25, 0.3) is 16.1 Å². The Morgan fingerprint density at radius 3 is 2.68 bits per heavy atom. The second kappa shape index (κ2) is 17.9. The summed E-state index contributed by atoms with van der Waals surface area (Å²) in [6.07, 6.45) is 16.6. The van der Waals surface area contributed by atoms with Crippen molar-refractivity contribution in [3.8, 4) is 0 Å². The summed E-state index contributed by atoms with van der Waals surface area (Å²) < 4.78 is 0. The van der Waals surface area contributed by atoms with Gasteiger partial charge in [-0.15, -0.1) is 0 Å². The second-order valence-electron chi connectivity index (χ2n) is 15.1. The number of aliphatic hydroxyl groups is 1.